The number of anilines is 2. The van der Waals surface area contributed by atoms with Crippen LogP contribution in [-0.4, -0.2) is 29.2 Å². The zero-order chi connectivity index (χ0) is 19.3. The lowest BCUT2D eigenvalue weighted by atomic mass is 9.99. The quantitative estimate of drug-likeness (QED) is 0.725. The molecule has 0 bridgehead atoms. The van der Waals surface area contributed by atoms with Crippen LogP contribution in [0.15, 0.2) is 66.7 Å². The first-order valence-electron chi connectivity index (χ1n) is 9.74. The van der Waals surface area contributed by atoms with Crippen molar-refractivity contribution in [3.8, 4) is 11.3 Å². The lowest BCUT2D eigenvalue weighted by Crippen LogP contribution is -2.33. The fraction of sp³-hybridized carbons (Fsp3) is 0.261. The smallest absolute Gasteiger partial charge is 0.255 e. The summed E-state index contributed by atoms with van der Waals surface area (Å²) in [5.41, 5.74) is 3.20. The molecule has 142 valence electrons. The molecule has 3 aromatic rings. The summed E-state index contributed by atoms with van der Waals surface area (Å²) in [7, 11) is 0. The van der Waals surface area contributed by atoms with Gasteiger partial charge in [0.1, 0.15) is 0 Å². The van der Waals surface area contributed by atoms with Crippen molar-refractivity contribution >= 4 is 17.4 Å². The molecule has 5 nitrogen and oxygen atoms in total. The van der Waals surface area contributed by atoms with Gasteiger partial charge in [-0.15, -0.1) is 10.2 Å². The minimum atomic E-state index is -0.117. The summed E-state index contributed by atoms with van der Waals surface area (Å²) in [4.78, 5) is 14.5. The molecule has 2 heterocycles. The summed E-state index contributed by atoms with van der Waals surface area (Å²) in [5.74, 6) is 1.63. The Hall–Kier alpha value is -3.21. The van der Waals surface area contributed by atoms with Gasteiger partial charge in [-0.3, -0.25) is 4.79 Å². The van der Waals surface area contributed by atoms with Gasteiger partial charge in [-0.1, -0.05) is 37.3 Å². The van der Waals surface area contributed by atoms with Crippen molar-refractivity contribution in [1.82, 2.24) is 10.2 Å². The molecule has 1 fully saturated rings. The fourth-order valence-corrected chi connectivity index (χ4v) is 3.40. The largest absolute Gasteiger partial charge is 0.355 e. The van der Waals surface area contributed by atoms with Crippen LogP contribution in [0.5, 0.6) is 0 Å². The third kappa shape index (κ3) is 4.19. The Balaban J connectivity index is 1.41. The standard InChI is InChI=1S/C23H24N4O/c1-17-13-15-27(16-14-17)22-12-11-21(25-26-22)18-7-9-20(10-8-18)24-23(28)19-5-3-2-4-6-19/h2-12,17H,13-16H2,1H3,(H,24,28). The topological polar surface area (TPSA) is 58.1 Å². The van der Waals surface area contributed by atoms with Crippen LogP contribution >= 0.6 is 0 Å². The second kappa shape index (κ2) is 8.21. The van der Waals surface area contributed by atoms with E-state index in [9.17, 15) is 4.79 Å². The predicted octanol–water partition coefficient (Wildman–Crippen LogP) is 4.63. The van der Waals surface area contributed by atoms with E-state index in [0.717, 1.165) is 41.8 Å². The third-order valence-corrected chi connectivity index (χ3v) is 5.23. The second-order valence-corrected chi connectivity index (χ2v) is 7.34. The van der Waals surface area contributed by atoms with Gasteiger partial charge >= 0.3 is 0 Å². The predicted molar refractivity (Wildman–Crippen MR) is 112 cm³/mol. The summed E-state index contributed by atoms with van der Waals surface area (Å²) < 4.78 is 0. The summed E-state index contributed by atoms with van der Waals surface area (Å²) in [6.45, 7) is 4.40. The molecule has 1 saturated heterocycles. The number of nitrogens with one attached hydrogen (secondary N) is 1. The maximum Gasteiger partial charge on any atom is 0.255 e. The second-order valence-electron chi connectivity index (χ2n) is 7.34. The summed E-state index contributed by atoms with van der Waals surface area (Å²) in [6, 6.07) is 20.9. The number of hydrogen-bond acceptors (Lipinski definition) is 4. The summed E-state index contributed by atoms with van der Waals surface area (Å²) >= 11 is 0. The molecule has 0 atom stereocenters. The Bertz CT molecular complexity index is 915. The van der Waals surface area contributed by atoms with Crippen LogP contribution in [0.1, 0.15) is 30.1 Å². The molecule has 1 aliphatic heterocycles. The molecule has 1 aliphatic rings. The van der Waals surface area contributed by atoms with E-state index in [4.69, 9.17) is 0 Å². The fourth-order valence-electron chi connectivity index (χ4n) is 3.40. The van der Waals surface area contributed by atoms with Gasteiger partial charge in [0, 0.05) is 29.9 Å². The van der Waals surface area contributed by atoms with Gasteiger partial charge in [0.15, 0.2) is 5.82 Å². The molecule has 4 rings (SSSR count). The number of nitrogens with zero attached hydrogens (tertiary/aromatic N) is 3. The molecule has 1 aromatic heterocycles. The van der Waals surface area contributed by atoms with Gasteiger partial charge in [-0.2, -0.15) is 0 Å². The van der Waals surface area contributed by atoms with Gasteiger partial charge in [-0.05, 0) is 55.2 Å². The number of hydrogen-bond donors (Lipinski definition) is 1. The molecule has 0 radical (unpaired) electrons. The van der Waals surface area contributed by atoms with E-state index < -0.39 is 0 Å². The minimum absolute atomic E-state index is 0.117. The number of rotatable bonds is 4. The monoisotopic (exact) mass is 372 g/mol. The Morgan fingerprint density at radius 1 is 0.929 bits per heavy atom. The third-order valence-electron chi connectivity index (χ3n) is 5.23. The van der Waals surface area contributed by atoms with Crippen molar-refractivity contribution in [3.63, 3.8) is 0 Å². The Kier molecular flexibility index (Phi) is 5.33. The number of carbonyl (C=O) groups excluding carboxylic acids is 1. The van der Waals surface area contributed by atoms with E-state index in [0.29, 0.717) is 5.56 Å². The maximum atomic E-state index is 12.2. The molecule has 0 aliphatic carbocycles. The highest BCUT2D eigenvalue weighted by atomic mass is 16.1. The number of carbonyl (C=O) groups is 1. The molecule has 2 aromatic carbocycles. The first-order valence-corrected chi connectivity index (χ1v) is 9.74. The van der Waals surface area contributed by atoms with Gasteiger partial charge < -0.3 is 10.2 Å². The summed E-state index contributed by atoms with van der Waals surface area (Å²) in [6.07, 6.45) is 2.42. The average Bonchev–Trinajstić information content (AvgIpc) is 2.76. The number of amides is 1. The molecule has 0 spiro atoms. The van der Waals surface area contributed by atoms with Crippen molar-refractivity contribution in [1.29, 1.82) is 0 Å². The Morgan fingerprint density at radius 3 is 2.29 bits per heavy atom. The molecule has 0 unspecified atom stereocenters. The van der Waals surface area contributed by atoms with Crippen LogP contribution < -0.4 is 10.2 Å². The Labute approximate surface area is 165 Å². The minimum Gasteiger partial charge on any atom is -0.355 e. The molecule has 1 amide bonds. The van der Waals surface area contributed by atoms with Crippen LogP contribution in [0.3, 0.4) is 0 Å². The van der Waals surface area contributed by atoms with Crippen LogP contribution in [-0.2, 0) is 0 Å². The SMILES string of the molecule is CC1CCN(c2ccc(-c3ccc(NC(=O)c4ccccc4)cc3)nn2)CC1. The van der Waals surface area contributed by atoms with E-state index >= 15 is 0 Å². The van der Waals surface area contributed by atoms with Crippen LogP contribution in [0, 0.1) is 5.92 Å². The van der Waals surface area contributed by atoms with Crippen molar-refractivity contribution in [2.45, 2.75) is 19.8 Å². The van der Waals surface area contributed by atoms with Crippen molar-refractivity contribution in [2.75, 3.05) is 23.3 Å². The van der Waals surface area contributed by atoms with Gasteiger partial charge in [0.2, 0.25) is 0 Å². The van der Waals surface area contributed by atoms with Crippen LogP contribution in [0.2, 0.25) is 0 Å². The van der Waals surface area contributed by atoms with Gasteiger partial charge in [0.25, 0.3) is 5.91 Å². The van der Waals surface area contributed by atoms with Crippen LogP contribution in [0.4, 0.5) is 11.5 Å². The van der Waals surface area contributed by atoms with Crippen molar-refractivity contribution in [2.24, 2.45) is 5.92 Å². The highest BCUT2D eigenvalue weighted by molar-refractivity contribution is 6.04. The van der Waals surface area contributed by atoms with E-state index in [1.807, 2.05) is 54.6 Å². The summed E-state index contributed by atoms with van der Waals surface area (Å²) in [5, 5.41) is 11.7. The normalized spacial score (nSPS) is 14.7. The average molecular weight is 372 g/mol. The lowest BCUT2D eigenvalue weighted by molar-refractivity contribution is 0.102. The number of aromatic nitrogens is 2. The zero-order valence-electron chi connectivity index (χ0n) is 16.0. The lowest BCUT2D eigenvalue weighted by Gasteiger charge is -2.30. The van der Waals surface area contributed by atoms with Gasteiger partial charge in [-0.25, -0.2) is 0 Å². The van der Waals surface area contributed by atoms with E-state index in [2.05, 4.69) is 27.3 Å². The molecular formula is C23H24N4O. The highest BCUT2D eigenvalue weighted by Crippen LogP contribution is 2.24. The van der Waals surface area contributed by atoms with Crippen molar-refractivity contribution < 1.29 is 4.79 Å². The molecule has 0 saturated carbocycles. The number of piperidine rings is 1. The molecule has 28 heavy (non-hydrogen) atoms. The molecule has 5 heteroatoms. The van der Waals surface area contributed by atoms with Crippen LogP contribution in [0.25, 0.3) is 11.3 Å². The zero-order valence-corrected chi connectivity index (χ0v) is 16.0. The first-order chi connectivity index (χ1) is 13.7. The van der Waals surface area contributed by atoms with E-state index in [-0.39, 0.29) is 5.91 Å². The van der Waals surface area contributed by atoms with Crippen molar-refractivity contribution in [3.05, 3.63) is 72.3 Å². The van der Waals surface area contributed by atoms with E-state index in [1.165, 1.54) is 12.8 Å². The maximum absolute atomic E-state index is 12.2. The first kappa shape index (κ1) is 18.2. The van der Waals surface area contributed by atoms with E-state index in [1.54, 1.807) is 12.1 Å². The highest BCUT2D eigenvalue weighted by Gasteiger charge is 2.17. The number of benzene rings is 2. The van der Waals surface area contributed by atoms with Gasteiger partial charge in [0.05, 0.1) is 5.69 Å². The Morgan fingerprint density at radius 2 is 1.64 bits per heavy atom. The molecular weight excluding hydrogens is 348 g/mol. The molecule has 1 N–H and O–H groups in total.